The summed E-state index contributed by atoms with van der Waals surface area (Å²) in [4.78, 5) is 18.5. The molecule has 1 aromatic heterocycles. The molecular weight excluding hydrogens is 426 g/mol. The third-order valence-corrected chi connectivity index (χ3v) is 6.10. The number of hydrogen-bond acceptors (Lipinski definition) is 5. The number of aromatic nitrogens is 1. The maximum absolute atomic E-state index is 13.7. The highest BCUT2D eigenvalue weighted by atomic mass is 35.5. The molecule has 29 heavy (non-hydrogen) atoms. The van der Waals surface area contributed by atoms with Crippen LogP contribution in [0, 0.1) is 13.8 Å². The second kappa shape index (κ2) is 7.51. The number of nitrogens with one attached hydrogen (secondary N) is 1. The minimum absolute atomic E-state index is 0.0433. The van der Waals surface area contributed by atoms with E-state index in [9.17, 15) is 22.0 Å². The average molecular weight is 445 g/mol. The summed E-state index contributed by atoms with van der Waals surface area (Å²) in [5, 5.41) is 7.94. The van der Waals surface area contributed by atoms with Gasteiger partial charge in [-0.05, 0) is 37.6 Å². The van der Waals surface area contributed by atoms with Crippen molar-refractivity contribution in [3.8, 4) is 0 Å². The van der Waals surface area contributed by atoms with E-state index >= 15 is 0 Å². The lowest BCUT2D eigenvalue weighted by molar-refractivity contribution is 0.0256. The van der Waals surface area contributed by atoms with Gasteiger partial charge in [0.1, 0.15) is 5.82 Å². The monoisotopic (exact) mass is 444 g/mol. The number of hydrogen-bond donors (Lipinski definition) is 2. The number of rotatable bonds is 4. The maximum atomic E-state index is 13.7. The number of halogens is 3. The standard InChI is InChI=1S/C18H19ClF2N4O3S/c1-10-14(17(26)24-12-4-3-5-13(8-12)29(22,27)28)16(23-11(2)15(10)19)25-7-6-18(20,21)9-25/h3-5,8H,6-7,9H2,1-2H3,(H,24,26)(H2,22,27,28). The highest BCUT2D eigenvalue weighted by Crippen LogP contribution is 2.35. The molecule has 0 saturated carbocycles. The zero-order chi connectivity index (χ0) is 21.6. The molecule has 1 fully saturated rings. The highest BCUT2D eigenvalue weighted by molar-refractivity contribution is 7.89. The molecular formula is C18H19ClF2N4O3S. The zero-order valence-electron chi connectivity index (χ0n) is 15.7. The summed E-state index contributed by atoms with van der Waals surface area (Å²) >= 11 is 6.24. The molecule has 0 spiro atoms. The van der Waals surface area contributed by atoms with Crippen molar-refractivity contribution in [3.05, 3.63) is 46.1 Å². The van der Waals surface area contributed by atoms with Crippen LogP contribution < -0.4 is 15.4 Å². The molecule has 0 bridgehead atoms. The van der Waals surface area contributed by atoms with E-state index in [1.54, 1.807) is 13.8 Å². The molecule has 11 heteroatoms. The molecule has 0 aliphatic carbocycles. The van der Waals surface area contributed by atoms with Crippen molar-refractivity contribution in [3.63, 3.8) is 0 Å². The van der Waals surface area contributed by atoms with Gasteiger partial charge in [0.25, 0.3) is 11.8 Å². The fourth-order valence-corrected chi connectivity index (χ4v) is 3.87. The molecule has 1 aliphatic rings. The summed E-state index contributed by atoms with van der Waals surface area (Å²) in [6.45, 7) is 2.72. The van der Waals surface area contributed by atoms with E-state index in [0.29, 0.717) is 11.3 Å². The maximum Gasteiger partial charge on any atom is 0.266 e. The van der Waals surface area contributed by atoms with Gasteiger partial charge in [-0.2, -0.15) is 0 Å². The molecule has 1 amide bonds. The number of nitrogens with zero attached hydrogens (tertiary/aromatic N) is 2. The molecule has 1 aromatic carbocycles. The second-order valence-electron chi connectivity index (χ2n) is 6.89. The topological polar surface area (TPSA) is 105 Å². The third kappa shape index (κ3) is 4.49. The summed E-state index contributed by atoms with van der Waals surface area (Å²) in [6.07, 6.45) is -0.340. The van der Waals surface area contributed by atoms with Gasteiger partial charge in [0.15, 0.2) is 0 Å². The normalized spacial score (nSPS) is 16.1. The van der Waals surface area contributed by atoms with Crippen LogP contribution in [-0.2, 0) is 10.0 Å². The SMILES string of the molecule is Cc1nc(N2CCC(F)(F)C2)c(C(=O)Nc2cccc(S(N)(=O)=O)c2)c(C)c1Cl. The number of carbonyl (C=O) groups excluding carboxylic acids is 1. The number of alkyl halides is 2. The van der Waals surface area contributed by atoms with Crippen LogP contribution in [0.3, 0.4) is 0 Å². The lowest BCUT2D eigenvalue weighted by Crippen LogP contribution is -2.29. The van der Waals surface area contributed by atoms with Gasteiger partial charge in [-0.1, -0.05) is 17.7 Å². The molecule has 1 aliphatic heterocycles. The number of aryl methyl sites for hydroxylation is 1. The van der Waals surface area contributed by atoms with E-state index in [1.807, 2.05) is 0 Å². The highest BCUT2D eigenvalue weighted by Gasteiger charge is 2.40. The van der Waals surface area contributed by atoms with Gasteiger partial charge in [-0.25, -0.2) is 27.3 Å². The summed E-state index contributed by atoms with van der Waals surface area (Å²) < 4.78 is 50.5. The van der Waals surface area contributed by atoms with Crippen LogP contribution in [0.25, 0.3) is 0 Å². The van der Waals surface area contributed by atoms with Crippen molar-refractivity contribution in [2.75, 3.05) is 23.3 Å². The summed E-state index contributed by atoms with van der Waals surface area (Å²) in [7, 11) is -3.96. The molecule has 156 valence electrons. The van der Waals surface area contributed by atoms with E-state index < -0.39 is 28.4 Å². The lowest BCUT2D eigenvalue weighted by Gasteiger charge is -2.23. The van der Waals surface area contributed by atoms with E-state index in [0.717, 1.165) is 0 Å². The molecule has 2 heterocycles. The predicted molar refractivity (Wildman–Crippen MR) is 106 cm³/mol. The summed E-state index contributed by atoms with van der Waals surface area (Å²) in [6, 6.07) is 5.40. The van der Waals surface area contributed by atoms with Crippen molar-refractivity contribution in [2.24, 2.45) is 5.14 Å². The first-order valence-corrected chi connectivity index (χ1v) is 10.6. The van der Waals surface area contributed by atoms with Crippen molar-refractivity contribution in [1.82, 2.24) is 4.98 Å². The molecule has 3 N–H and O–H groups in total. The number of benzene rings is 1. The number of amides is 1. The van der Waals surface area contributed by atoms with Gasteiger partial charge in [0.05, 0.1) is 27.7 Å². The Morgan fingerprint density at radius 2 is 2.03 bits per heavy atom. The Kier molecular flexibility index (Phi) is 5.54. The fourth-order valence-electron chi connectivity index (χ4n) is 3.17. The molecule has 2 aromatic rings. The van der Waals surface area contributed by atoms with Crippen LogP contribution in [0.1, 0.15) is 28.0 Å². The Balaban J connectivity index is 2.02. The predicted octanol–water partition coefficient (Wildman–Crippen LogP) is 3.10. The van der Waals surface area contributed by atoms with E-state index in [4.69, 9.17) is 16.7 Å². The summed E-state index contributed by atoms with van der Waals surface area (Å²) in [5.41, 5.74) is 1.04. The van der Waals surface area contributed by atoms with Gasteiger partial charge >= 0.3 is 0 Å². The zero-order valence-corrected chi connectivity index (χ0v) is 17.2. The molecule has 1 saturated heterocycles. The van der Waals surface area contributed by atoms with Crippen molar-refractivity contribution in [1.29, 1.82) is 0 Å². The minimum atomic E-state index is -3.96. The number of nitrogens with two attached hydrogens (primary N) is 1. The number of anilines is 2. The Hall–Kier alpha value is -2.30. The van der Waals surface area contributed by atoms with Gasteiger partial charge in [0, 0.05) is 18.7 Å². The smallest absolute Gasteiger partial charge is 0.266 e. The van der Waals surface area contributed by atoms with E-state index in [2.05, 4.69) is 10.3 Å². The van der Waals surface area contributed by atoms with E-state index in [-0.39, 0.29) is 40.0 Å². The number of sulfonamides is 1. The van der Waals surface area contributed by atoms with Gasteiger partial charge in [0.2, 0.25) is 10.0 Å². The Bertz CT molecular complexity index is 1090. The molecule has 3 rings (SSSR count). The Morgan fingerprint density at radius 3 is 2.62 bits per heavy atom. The molecule has 0 atom stereocenters. The van der Waals surface area contributed by atoms with Crippen LogP contribution in [0.15, 0.2) is 29.2 Å². The van der Waals surface area contributed by atoms with Crippen molar-refractivity contribution >= 4 is 39.0 Å². The molecule has 7 nitrogen and oxygen atoms in total. The van der Waals surface area contributed by atoms with Crippen LogP contribution in [0.4, 0.5) is 20.3 Å². The third-order valence-electron chi connectivity index (χ3n) is 4.64. The first-order chi connectivity index (χ1) is 13.4. The van der Waals surface area contributed by atoms with Gasteiger partial charge in [-0.3, -0.25) is 4.79 Å². The molecule has 0 unspecified atom stereocenters. The number of carbonyl (C=O) groups is 1. The first kappa shape index (κ1) is 21.4. The Morgan fingerprint density at radius 1 is 1.34 bits per heavy atom. The second-order valence-corrected chi connectivity index (χ2v) is 8.83. The van der Waals surface area contributed by atoms with Crippen LogP contribution in [-0.4, -0.2) is 38.3 Å². The van der Waals surface area contributed by atoms with Crippen molar-refractivity contribution in [2.45, 2.75) is 31.1 Å². The van der Waals surface area contributed by atoms with Gasteiger partial charge < -0.3 is 10.2 Å². The first-order valence-electron chi connectivity index (χ1n) is 8.63. The summed E-state index contributed by atoms with van der Waals surface area (Å²) in [5.74, 6) is -3.41. The minimum Gasteiger partial charge on any atom is -0.350 e. The van der Waals surface area contributed by atoms with Crippen molar-refractivity contribution < 1.29 is 22.0 Å². The van der Waals surface area contributed by atoms with Gasteiger partial charge in [-0.15, -0.1) is 0 Å². The molecule has 0 radical (unpaired) electrons. The van der Waals surface area contributed by atoms with Crippen LogP contribution >= 0.6 is 11.6 Å². The average Bonchev–Trinajstić information content (AvgIpc) is 2.98. The van der Waals surface area contributed by atoms with Crippen LogP contribution in [0.2, 0.25) is 5.02 Å². The fraction of sp³-hybridized carbons (Fsp3) is 0.333. The number of primary sulfonamides is 1. The quantitative estimate of drug-likeness (QED) is 0.753. The lowest BCUT2D eigenvalue weighted by atomic mass is 10.1. The largest absolute Gasteiger partial charge is 0.350 e. The Labute approximate surface area is 171 Å². The van der Waals surface area contributed by atoms with E-state index in [1.165, 1.54) is 29.2 Å². The van der Waals surface area contributed by atoms with Crippen LogP contribution in [0.5, 0.6) is 0 Å². The number of pyridine rings is 1.